The maximum atomic E-state index is 10.0. The second kappa shape index (κ2) is 4.79. The summed E-state index contributed by atoms with van der Waals surface area (Å²) in [5.41, 5.74) is 3.00. The van der Waals surface area contributed by atoms with Gasteiger partial charge in [0.25, 0.3) is 0 Å². The van der Waals surface area contributed by atoms with E-state index >= 15 is 0 Å². The molecule has 0 amide bonds. The molecule has 0 bridgehead atoms. The first-order valence-electron chi connectivity index (χ1n) is 6.83. The van der Waals surface area contributed by atoms with Crippen molar-refractivity contribution < 1.29 is 5.11 Å². The molecule has 1 aromatic carbocycles. The van der Waals surface area contributed by atoms with Crippen LogP contribution in [0.3, 0.4) is 0 Å². The van der Waals surface area contributed by atoms with Gasteiger partial charge in [0.15, 0.2) is 0 Å². The summed E-state index contributed by atoms with van der Waals surface area (Å²) in [7, 11) is 0. The lowest BCUT2D eigenvalue weighted by atomic mass is 10.0. The number of aliphatic hydroxyl groups is 1. The maximum absolute atomic E-state index is 10.0. The molecule has 0 aromatic heterocycles. The summed E-state index contributed by atoms with van der Waals surface area (Å²) in [4.78, 5) is 2.51. The van der Waals surface area contributed by atoms with Crippen molar-refractivity contribution in [2.75, 3.05) is 13.1 Å². The van der Waals surface area contributed by atoms with Crippen LogP contribution >= 0.6 is 0 Å². The first kappa shape index (κ1) is 11.2. The predicted octanol–water partition coefficient (Wildman–Crippen LogP) is 2.00. The van der Waals surface area contributed by atoms with E-state index in [2.05, 4.69) is 29.2 Å². The van der Waals surface area contributed by atoms with Crippen LogP contribution in [0.5, 0.6) is 0 Å². The lowest BCUT2D eigenvalue weighted by Gasteiger charge is -2.29. The lowest BCUT2D eigenvalue weighted by molar-refractivity contribution is 0.0733. The highest BCUT2D eigenvalue weighted by Crippen LogP contribution is 2.26. The summed E-state index contributed by atoms with van der Waals surface area (Å²) in [5.74, 6) is 0. The largest absolute Gasteiger partial charge is 0.391 e. The van der Waals surface area contributed by atoms with Crippen molar-refractivity contribution in [2.24, 2.45) is 0 Å². The molecular weight excluding hydrogens is 210 g/mol. The van der Waals surface area contributed by atoms with E-state index in [1.165, 1.54) is 24.0 Å². The molecule has 17 heavy (non-hydrogen) atoms. The Hall–Kier alpha value is -0.860. The van der Waals surface area contributed by atoms with E-state index in [9.17, 15) is 5.11 Å². The highest BCUT2D eigenvalue weighted by Gasteiger charge is 2.31. The Kier molecular flexibility index (Phi) is 3.17. The average Bonchev–Trinajstić information content (AvgIpc) is 2.66. The van der Waals surface area contributed by atoms with Gasteiger partial charge in [-0.2, -0.15) is 0 Å². The van der Waals surface area contributed by atoms with Gasteiger partial charge in [0.2, 0.25) is 0 Å². The van der Waals surface area contributed by atoms with Gasteiger partial charge in [0.05, 0.1) is 6.10 Å². The van der Waals surface area contributed by atoms with Crippen LogP contribution in [-0.4, -0.2) is 35.2 Å². The Morgan fingerprint density at radius 3 is 2.18 bits per heavy atom. The first-order chi connectivity index (χ1) is 8.34. The molecule has 2 atom stereocenters. The fourth-order valence-corrected chi connectivity index (χ4v) is 3.36. The highest BCUT2D eigenvalue weighted by atomic mass is 16.3. The number of nitrogens with zero attached hydrogens (tertiary/aromatic N) is 1. The zero-order valence-corrected chi connectivity index (χ0v) is 10.3. The normalized spacial score (nSPS) is 29.9. The molecule has 1 N–H and O–H groups in total. The number of hydrogen-bond acceptors (Lipinski definition) is 2. The fraction of sp³-hybridized carbons (Fsp3) is 0.600. The molecule has 2 heteroatoms. The van der Waals surface area contributed by atoms with Crippen molar-refractivity contribution in [2.45, 2.75) is 44.2 Å². The number of fused-ring (bicyclic) bond motifs is 1. The molecule has 0 unspecified atom stereocenters. The van der Waals surface area contributed by atoms with Gasteiger partial charge in [-0.15, -0.1) is 0 Å². The zero-order chi connectivity index (χ0) is 11.7. The quantitative estimate of drug-likeness (QED) is 0.799. The summed E-state index contributed by atoms with van der Waals surface area (Å²) in [5, 5.41) is 10.0. The average molecular weight is 231 g/mol. The molecule has 1 saturated carbocycles. The molecular formula is C15H21NO. The van der Waals surface area contributed by atoms with Gasteiger partial charge >= 0.3 is 0 Å². The Bertz CT molecular complexity index is 363. The summed E-state index contributed by atoms with van der Waals surface area (Å²) in [6.07, 6.45) is 5.55. The minimum Gasteiger partial charge on any atom is -0.391 e. The van der Waals surface area contributed by atoms with Gasteiger partial charge in [-0.05, 0) is 43.2 Å². The summed E-state index contributed by atoms with van der Waals surface area (Å²) >= 11 is 0. The Morgan fingerprint density at radius 2 is 1.65 bits per heavy atom. The van der Waals surface area contributed by atoms with Crippen molar-refractivity contribution in [1.29, 1.82) is 0 Å². The van der Waals surface area contributed by atoms with Crippen molar-refractivity contribution in [3.8, 4) is 0 Å². The van der Waals surface area contributed by atoms with Gasteiger partial charge in [-0.3, -0.25) is 4.90 Å². The van der Waals surface area contributed by atoms with Crippen LogP contribution in [0.25, 0.3) is 0 Å². The number of aliphatic hydroxyl groups excluding tert-OH is 1. The molecule has 1 heterocycles. The van der Waals surface area contributed by atoms with Crippen LogP contribution in [0.2, 0.25) is 0 Å². The molecule has 1 aliphatic heterocycles. The van der Waals surface area contributed by atoms with Gasteiger partial charge in [-0.1, -0.05) is 24.3 Å². The predicted molar refractivity (Wildman–Crippen MR) is 69.1 cm³/mol. The maximum Gasteiger partial charge on any atom is 0.0695 e. The van der Waals surface area contributed by atoms with Gasteiger partial charge in [0.1, 0.15) is 0 Å². The van der Waals surface area contributed by atoms with Crippen molar-refractivity contribution >= 4 is 0 Å². The molecule has 0 radical (unpaired) electrons. The van der Waals surface area contributed by atoms with Gasteiger partial charge in [0, 0.05) is 19.1 Å². The topological polar surface area (TPSA) is 23.5 Å². The van der Waals surface area contributed by atoms with E-state index in [0.29, 0.717) is 6.04 Å². The second-order valence-corrected chi connectivity index (χ2v) is 5.37. The molecule has 1 aromatic rings. The third kappa shape index (κ3) is 2.24. The molecule has 1 fully saturated rings. The third-order valence-corrected chi connectivity index (χ3v) is 4.37. The molecule has 0 spiro atoms. The zero-order valence-electron chi connectivity index (χ0n) is 10.3. The van der Waals surface area contributed by atoms with Crippen LogP contribution < -0.4 is 0 Å². The van der Waals surface area contributed by atoms with Crippen molar-refractivity contribution in [3.05, 3.63) is 35.4 Å². The van der Waals surface area contributed by atoms with E-state index in [-0.39, 0.29) is 6.10 Å². The van der Waals surface area contributed by atoms with E-state index in [0.717, 1.165) is 32.4 Å². The first-order valence-corrected chi connectivity index (χ1v) is 6.83. The van der Waals surface area contributed by atoms with E-state index in [4.69, 9.17) is 0 Å². The van der Waals surface area contributed by atoms with E-state index in [1.54, 1.807) is 0 Å². The standard InChI is InChI=1S/C15H21NO/c17-15-7-3-6-14(15)16-10-8-12-4-1-2-5-13(12)9-11-16/h1-2,4-5,14-15,17H,3,6-11H2/t14-,15-/m1/s1. The Morgan fingerprint density at radius 1 is 1.00 bits per heavy atom. The van der Waals surface area contributed by atoms with Crippen LogP contribution in [-0.2, 0) is 12.8 Å². The monoisotopic (exact) mass is 231 g/mol. The Labute approximate surface area is 103 Å². The number of hydrogen-bond donors (Lipinski definition) is 1. The van der Waals surface area contributed by atoms with Crippen molar-refractivity contribution in [3.63, 3.8) is 0 Å². The van der Waals surface area contributed by atoms with Crippen LogP contribution in [0, 0.1) is 0 Å². The lowest BCUT2D eigenvalue weighted by Crippen LogP contribution is -2.41. The highest BCUT2D eigenvalue weighted by molar-refractivity contribution is 5.28. The van der Waals surface area contributed by atoms with Gasteiger partial charge < -0.3 is 5.11 Å². The summed E-state index contributed by atoms with van der Waals surface area (Å²) < 4.78 is 0. The molecule has 92 valence electrons. The minimum absolute atomic E-state index is 0.0868. The molecule has 2 aliphatic rings. The molecule has 3 rings (SSSR count). The SMILES string of the molecule is O[C@@H]1CCC[C@H]1N1CCc2ccccc2CC1. The van der Waals surface area contributed by atoms with Gasteiger partial charge in [-0.25, -0.2) is 0 Å². The summed E-state index contributed by atoms with van der Waals surface area (Å²) in [6.45, 7) is 2.22. The third-order valence-electron chi connectivity index (χ3n) is 4.37. The van der Waals surface area contributed by atoms with Crippen molar-refractivity contribution in [1.82, 2.24) is 4.90 Å². The van der Waals surface area contributed by atoms with Crippen LogP contribution in [0.15, 0.2) is 24.3 Å². The number of benzene rings is 1. The smallest absolute Gasteiger partial charge is 0.0695 e. The second-order valence-electron chi connectivity index (χ2n) is 5.37. The molecule has 1 aliphatic carbocycles. The fourth-order valence-electron chi connectivity index (χ4n) is 3.36. The minimum atomic E-state index is -0.0868. The van der Waals surface area contributed by atoms with E-state index in [1.807, 2.05) is 0 Å². The summed E-state index contributed by atoms with van der Waals surface area (Å²) in [6, 6.07) is 9.20. The van der Waals surface area contributed by atoms with Crippen LogP contribution in [0.1, 0.15) is 30.4 Å². The number of rotatable bonds is 1. The van der Waals surface area contributed by atoms with Crippen LogP contribution in [0.4, 0.5) is 0 Å². The Balaban J connectivity index is 1.72. The molecule has 0 saturated heterocycles. The molecule has 2 nitrogen and oxygen atoms in total. The van der Waals surface area contributed by atoms with E-state index < -0.39 is 0 Å².